The maximum atomic E-state index is 12.5. The van der Waals surface area contributed by atoms with E-state index in [2.05, 4.69) is 14.7 Å². The molecule has 0 radical (unpaired) electrons. The van der Waals surface area contributed by atoms with Crippen LogP contribution in [0.25, 0.3) is 0 Å². The van der Waals surface area contributed by atoms with E-state index in [9.17, 15) is 13.9 Å². The van der Waals surface area contributed by atoms with E-state index >= 15 is 0 Å². The molecule has 0 fully saturated rings. The number of hydrogen-bond acceptors (Lipinski definition) is 6. The Morgan fingerprint density at radius 2 is 1.83 bits per heavy atom. The van der Waals surface area contributed by atoms with Crippen molar-refractivity contribution >= 4 is 23.4 Å². The molecular formula is C20H19ClF2N4O2. The molecular weight excluding hydrogens is 402 g/mol. The average molecular weight is 421 g/mol. The lowest BCUT2D eigenvalue weighted by molar-refractivity contribution is -0.0499. The molecule has 6 nitrogen and oxygen atoms in total. The highest BCUT2D eigenvalue weighted by Crippen LogP contribution is 2.25. The molecule has 0 saturated heterocycles. The molecule has 0 aliphatic rings. The minimum atomic E-state index is -2.94. The van der Waals surface area contributed by atoms with Crippen LogP contribution in [0, 0.1) is 0 Å². The first kappa shape index (κ1) is 20.8. The number of aromatic nitrogens is 2. The fraction of sp³-hybridized carbons (Fsp3) is 0.200. The third-order valence-corrected chi connectivity index (χ3v) is 4.29. The molecule has 152 valence electrons. The van der Waals surface area contributed by atoms with Crippen molar-refractivity contribution in [3.63, 3.8) is 0 Å². The number of nitrogen functional groups attached to an aromatic ring is 1. The quantitative estimate of drug-likeness (QED) is 0.535. The fourth-order valence-corrected chi connectivity index (χ4v) is 3.02. The number of hydrogen-bond donors (Lipinski definition) is 2. The Morgan fingerprint density at radius 3 is 2.52 bits per heavy atom. The largest absolute Gasteiger partial charge is 0.435 e. The Hall–Kier alpha value is -2.97. The van der Waals surface area contributed by atoms with Gasteiger partial charge in [-0.05, 0) is 23.3 Å². The molecule has 1 unspecified atom stereocenters. The Kier molecular flexibility index (Phi) is 6.79. The van der Waals surface area contributed by atoms with Crippen LogP contribution in [-0.4, -0.2) is 28.2 Å². The number of anilines is 2. The average Bonchev–Trinajstić information content (AvgIpc) is 2.67. The van der Waals surface area contributed by atoms with Crippen LogP contribution >= 0.6 is 11.6 Å². The number of nitrogens with two attached hydrogens (primary N) is 1. The van der Waals surface area contributed by atoms with Crippen molar-refractivity contribution < 1.29 is 18.6 Å². The molecule has 0 saturated carbocycles. The summed E-state index contributed by atoms with van der Waals surface area (Å²) in [6.07, 6.45) is -1.00. The summed E-state index contributed by atoms with van der Waals surface area (Å²) < 4.78 is 29.4. The zero-order chi connectivity index (χ0) is 20.8. The monoisotopic (exact) mass is 420 g/mol. The Labute approximate surface area is 171 Å². The number of alkyl halides is 2. The van der Waals surface area contributed by atoms with Crippen molar-refractivity contribution in [2.45, 2.75) is 19.3 Å². The molecule has 0 amide bonds. The van der Waals surface area contributed by atoms with Crippen molar-refractivity contribution in [3.8, 4) is 5.75 Å². The summed E-state index contributed by atoms with van der Waals surface area (Å²) in [7, 11) is 0. The van der Waals surface area contributed by atoms with E-state index in [0.29, 0.717) is 17.9 Å². The fourth-order valence-electron chi connectivity index (χ4n) is 2.84. The minimum absolute atomic E-state index is 0.00684. The number of rotatable bonds is 8. The maximum absolute atomic E-state index is 12.5. The summed E-state index contributed by atoms with van der Waals surface area (Å²) in [4.78, 5) is 9.85. The normalized spacial score (nSPS) is 12.0. The summed E-state index contributed by atoms with van der Waals surface area (Å²) in [6, 6.07) is 17.1. The second kappa shape index (κ2) is 9.49. The minimum Gasteiger partial charge on any atom is -0.435 e. The Balaban J connectivity index is 1.86. The zero-order valence-electron chi connectivity index (χ0n) is 15.3. The van der Waals surface area contributed by atoms with Gasteiger partial charge in [-0.1, -0.05) is 54.1 Å². The number of halogens is 3. The lowest BCUT2D eigenvalue weighted by Gasteiger charge is -2.27. The molecule has 0 aliphatic carbocycles. The number of nitrogens with zero attached hydrogens (tertiary/aromatic N) is 3. The van der Waals surface area contributed by atoms with Crippen molar-refractivity contribution in [2.75, 3.05) is 17.2 Å². The second-order valence-corrected chi connectivity index (χ2v) is 6.63. The zero-order valence-corrected chi connectivity index (χ0v) is 16.0. The predicted octanol–water partition coefficient (Wildman–Crippen LogP) is 4.05. The van der Waals surface area contributed by atoms with E-state index in [-0.39, 0.29) is 23.4 Å². The summed E-state index contributed by atoms with van der Waals surface area (Å²) in [5, 5.41) is 10.9. The number of benzene rings is 2. The number of ether oxygens (including phenoxy) is 1. The van der Waals surface area contributed by atoms with Crippen molar-refractivity contribution in [1.82, 2.24) is 9.97 Å². The Morgan fingerprint density at radius 1 is 1.07 bits per heavy atom. The van der Waals surface area contributed by atoms with Crippen molar-refractivity contribution in [2.24, 2.45) is 0 Å². The van der Waals surface area contributed by atoms with Crippen LogP contribution in [0.4, 0.5) is 20.5 Å². The van der Waals surface area contributed by atoms with E-state index in [0.717, 1.165) is 5.56 Å². The third kappa shape index (κ3) is 6.00. The van der Waals surface area contributed by atoms with Gasteiger partial charge in [-0.15, -0.1) is 0 Å². The van der Waals surface area contributed by atoms with Gasteiger partial charge in [0.2, 0.25) is 5.95 Å². The van der Waals surface area contributed by atoms with Crippen molar-refractivity contribution in [1.29, 1.82) is 0 Å². The molecule has 1 aromatic heterocycles. The summed E-state index contributed by atoms with van der Waals surface area (Å²) >= 11 is 6.01. The molecule has 1 heterocycles. The maximum Gasteiger partial charge on any atom is 0.387 e. The standard InChI is InChI=1S/C20H19ClF2N4O2/c21-17-10-18(26-20(24)25-17)27(11-13-5-2-1-3-6-13)12-16(28)14-7-4-8-15(9-14)29-19(22)23/h1-10,16,19,28H,11-12H2,(H2,24,25,26). The van der Waals surface area contributed by atoms with Crippen LogP contribution in [0.2, 0.25) is 5.15 Å². The van der Waals surface area contributed by atoms with E-state index in [1.54, 1.807) is 17.0 Å². The second-order valence-electron chi connectivity index (χ2n) is 6.24. The highest BCUT2D eigenvalue weighted by molar-refractivity contribution is 6.29. The first-order chi connectivity index (χ1) is 13.9. The molecule has 3 N–H and O–H groups in total. The topological polar surface area (TPSA) is 84.5 Å². The molecule has 29 heavy (non-hydrogen) atoms. The van der Waals surface area contributed by atoms with E-state index in [1.807, 2.05) is 30.3 Å². The van der Waals surface area contributed by atoms with Gasteiger partial charge >= 0.3 is 6.61 Å². The van der Waals surface area contributed by atoms with Gasteiger partial charge in [0.1, 0.15) is 16.7 Å². The number of aliphatic hydroxyl groups excluding tert-OH is 1. The Bertz CT molecular complexity index is 927. The van der Waals surface area contributed by atoms with E-state index < -0.39 is 12.7 Å². The SMILES string of the molecule is Nc1nc(Cl)cc(N(Cc2ccccc2)CC(O)c2cccc(OC(F)F)c2)n1. The highest BCUT2D eigenvalue weighted by atomic mass is 35.5. The third-order valence-electron chi connectivity index (χ3n) is 4.10. The van der Waals surface area contributed by atoms with Gasteiger partial charge in [-0.2, -0.15) is 13.8 Å². The van der Waals surface area contributed by atoms with Crippen LogP contribution in [-0.2, 0) is 6.54 Å². The summed E-state index contributed by atoms with van der Waals surface area (Å²) in [5.74, 6) is 0.415. The van der Waals surface area contributed by atoms with E-state index in [4.69, 9.17) is 17.3 Å². The van der Waals surface area contributed by atoms with Gasteiger partial charge in [-0.25, -0.2) is 4.98 Å². The molecule has 2 aromatic carbocycles. The van der Waals surface area contributed by atoms with Gasteiger partial charge in [0.15, 0.2) is 0 Å². The van der Waals surface area contributed by atoms with Gasteiger partial charge in [0.05, 0.1) is 6.10 Å². The molecule has 1 atom stereocenters. The lowest BCUT2D eigenvalue weighted by Crippen LogP contribution is -2.29. The molecule has 3 aromatic rings. The first-order valence-electron chi connectivity index (χ1n) is 8.72. The smallest absolute Gasteiger partial charge is 0.387 e. The van der Waals surface area contributed by atoms with Gasteiger partial charge in [0, 0.05) is 19.2 Å². The predicted molar refractivity (Wildman–Crippen MR) is 107 cm³/mol. The number of aliphatic hydroxyl groups is 1. The van der Waals surface area contributed by atoms with Crippen LogP contribution in [0.15, 0.2) is 60.7 Å². The molecule has 0 bridgehead atoms. The van der Waals surface area contributed by atoms with Crippen LogP contribution < -0.4 is 15.4 Å². The lowest BCUT2D eigenvalue weighted by atomic mass is 10.1. The summed E-state index contributed by atoms with van der Waals surface area (Å²) in [6.45, 7) is -2.42. The van der Waals surface area contributed by atoms with Gasteiger partial charge in [-0.3, -0.25) is 0 Å². The first-order valence-corrected chi connectivity index (χ1v) is 9.10. The summed E-state index contributed by atoms with van der Waals surface area (Å²) in [5.41, 5.74) is 7.12. The van der Waals surface area contributed by atoms with Crippen molar-refractivity contribution in [3.05, 3.63) is 76.9 Å². The van der Waals surface area contributed by atoms with E-state index in [1.165, 1.54) is 18.2 Å². The molecule has 0 aliphatic heterocycles. The van der Waals surface area contributed by atoms with Crippen LogP contribution in [0.1, 0.15) is 17.2 Å². The van der Waals surface area contributed by atoms with Gasteiger partial charge < -0.3 is 20.5 Å². The van der Waals surface area contributed by atoms with Crippen LogP contribution in [0.5, 0.6) is 5.75 Å². The molecule has 3 rings (SSSR count). The van der Waals surface area contributed by atoms with Crippen LogP contribution in [0.3, 0.4) is 0 Å². The highest BCUT2D eigenvalue weighted by Gasteiger charge is 2.18. The van der Waals surface area contributed by atoms with Gasteiger partial charge in [0.25, 0.3) is 0 Å². The molecule has 9 heteroatoms. The molecule has 0 spiro atoms.